The SMILES string of the molecule is COc1cccc(CN2CCN(C[C]=O)CC2)c1OC. The fourth-order valence-electron chi connectivity index (χ4n) is 2.52. The molecular formula is C15H21N2O3. The second-order valence-electron chi connectivity index (χ2n) is 4.85. The van der Waals surface area contributed by atoms with Crippen molar-refractivity contribution in [1.29, 1.82) is 0 Å². The molecule has 1 radical (unpaired) electrons. The van der Waals surface area contributed by atoms with Crippen LogP contribution in [0.2, 0.25) is 0 Å². The molecule has 1 aromatic rings. The first kappa shape index (κ1) is 14.8. The molecule has 1 fully saturated rings. The molecule has 0 N–H and O–H groups in total. The van der Waals surface area contributed by atoms with E-state index in [-0.39, 0.29) is 0 Å². The number of nitrogens with zero attached hydrogens (tertiary/aromatic N) is 2. The van der Waals surface area contributed by atoms with Gasteiger partial charge in [-0.25, -0.2) is 0 Å². The zero-order valence-electron chi connectivity index (χ0n) is 12.1. The normalized spacial score (nSPS) is 16.9. The lowest BCUT2D eigenvalue weighted by Crippen LogP contribution is -2.46. The van der Waals surface area contributed by atoms with E-state index >= 15 is 0 Å². The number of piperazine rings is 1. The maximum absolute atomic E-state index is 10.4. The van der Waals surface area contributed by atoms with E-state index in [4.69, 9.17) is 9.47 Å². The van der Waals surface area contributed by atoms with Crippen LogP contribution in [0, 0.1) is 0 Å². The molecule has 20 heavy (non-hydrogen) atoms. The largest absolute Gasteiger partial charge is 0.493 e. The minimum atomic E-state index is 0.413. The van der Waals surface area contributed by atoms with Gasteiger partial charge in [0.05, 0.1) is 20.8 Å². The number of carbonyl (C=O) groups excluding carboxylic acids is 1. The smallest absolute Gasteiger partial charge is 0.213 e. The third-order valence-corrected chi connectivity index (χ3v) is 3.63. The minimum Gasteiger partial charge on any atom is -0.493 e. The van der Waals surface area contributed by atoms with Gasteiger partial charge in [0.2, 0.25) is 6.29 Å². The van der Waals surface area contributed by atoms with Crippen molar-refractivity contribution in [1.82, 2.24) is 9.80 Å². The first-order valence-electron chi connectivity index (χ1n) is 6.78. The number of rotatable bonds is 6. The van der Waals surface area contributed by atoms with Crippen LogP contribution in [0.1, 0.15) is 5.56 Å². The van der Waals surface area contributed by atoms with Gasteiger partial charge >= 0.3 is 0 Å². The van der Waals surface area contributed by atoms with Gasteiger partial charge in [-0.2, -0.15) is 0 Å². The molecule has 0 unspecified atom stereocenters. The molecule has 0 atom stereocenters. The molecule has 1 saturated heterocycles. The Morgan fingerprint density at radius 2 is 1.80 bits per heavy atom. The van der Waals surface area contributed by atoms with Crippen LogP contribution in [0.3, 0.4) is 0 Å². The molecule has 0 spiro atoms. The van der Waals surface area contributed by atoms with Crippen molar-refractivity contribution in [2.24, 2.45) is 0 Å². The highest BCUT2D eigenvalue weighted by atomic mass is 16.5. The fourth-order valence-corrected chi connectivity index (χ4v) is 2.52. The Balaban J connectivity index is 1.99. The van der Waals surface area contributed by atoms with Crippen LogP contribution >= 0.6 is 0 Å². The Hall–Kier alpha value is -1.59. The quantitative estimate of drug-likeness (QED) is 0.774. The average molecular weight is 277 g/mol. The molecule has 0 bridgehead atoms. The molecule has 1 aliphatic rings. The lowest BCUT2D eigenvalue weighted by atomic mass is 10.1. The predicted molar refractivity (Wildman–Crippen MR) is 77.0 cm³/mol. The number of ether oxygens (including phenoxy) is 2. The van der Waals surface area contributed by atoms with E-state index in [1.54, 1.807) is 14.2 Å². The summed E-state index contributed by atoms with van der Waals surface area (Å²) in [5.74, 6) is 1.57. The first-order valence-corrected chi connectivity index (χ1v) is 6.78. The van der Waals surface area contributed by atoms with Gasteiger partial charge in [-0.15, -0.1) is 0 Å². The molecule has 109 valence electrons. The summed E-state index contributed by atoms with van der Waals surface area (Å²) in [7, 11) is 3.32. The Morgan fingerprint density at radius 1 is 1.10 bits per heavy atom. The summed E-state index contributed by atoms with van der Waals surface area (Å²) < 4.78 is 10.8. The van der Waals surface area contributed by atoms with Crippen molar-refractivity contribution in [2.45, 2.75) is 6.54 Å². The molecule has 0 saturated carbocycles. The highest BCUT2D eigenvalue weighted by molar-refractivity contribution is 5.53. The average Bonchev–Trinajstić information content (AvgIpc) is 2.49. The first-order chi connectivity index (χ1) is 9.78. The summed E-state index contributed by atoms with van der Waals surface area (Å²) >= 11 is 0. The molecular weight excluding hydrogens is 256 g/mol. The van der Waals surface area contributed by atoms with E-state index in [2.05, 4.69) is 15.9 Å². The second-order valence-corrected chi connectivity index (χ2v) is 4.85. The van der Waals surface area contributed by atoms with Crippen molar-refractivity contribution in [3.8, 4) is 11.5 Å². The van der Waals surface area contributed by atoms with Gasteiger partial charge in [0.15, 0.2) is 11.5 Å². The van der Waals surface area contributed by atoms with Gasteiger partial charge in [-0.05, 0) is 6.07 Å². The Bertz CT molecular complexity index is 443. The summed E-state index contributed by atoms with van der Waals surface area (Å²) in [4.78, 5) is 14.9. The highest BCUT2D eigenvalue weighted by Crippen LogP contribution is 2.31. The predicted octanol–water partition coefficient (Wildman–Crippen LogP) is 0.931. The Labute approximate surface area is 120 Å². The molecule has 1 aromatic carbocycles. The fraction of sp³-hybridized carbons (Fsp3) is 0.533. The van der Waals surface area contributed by atoms with Crippen LogP contribution in [-0.2, 0) is 11.3 Å². The van der Waals surface area contributed by atoms with Crippen LogP contribution < -0.4 is 9.47 Å². The molecule has 5 heteroatoms. The molecule has 1 heterocycles. The molecule has 0 amide bonds. The van der Waals surface area contributed by atoms with Gasteiger partial charge < -0.3 is 9.47 Å². The van der Waals surface area contributed by atoms with Crippen molar-refractivity contribution in [3.63, 3.8) is 0 Å². The summed E-state index contributed by atoms with van der Waals surface area (Å²) in [5.41, 5.74) is 1.13. The minimum absolute atomic E-state index is 0.413. The third kappa shape index (κ3) is 3.49. The Kier molecular flexibility index (Phi) is 5.38. The van der Waals surface area contributed by atoms with E-state index in [1.165, 1.54) is 0 Å². The summed E-state index contributed by atoms with van der Waals surface area (Å²) in [5, 5.41) is 0. The van der Waals surface area contributed by atoms with Crippen LogP contribution in [0.5, 0.6) is 11.5 Å². The van der Waals surface area contributed by atoms with E-state index in [9.17, 15) is 4.79 Å². The van der Waals surface area contributed by atoms with Gasteiger partial charge in [0.1, 0.15) is 0 Å². The highest BCUT2D eigenvalue weighted by Gasteiger charge is 2.18. The van der Waals surface area contributed by atoms with E-state index in [0.29, 0.717) is 6.54 Å². The summed E-state index contributed by atoms with van der Waals surface area (Å²) in [6, 6.07) is 5.95. The molecule has 1 aliphatic heterocycles. The van der Waals surface area contributed by atoms with Crippen LogP contribution in [0.25, 0.3) is 0 Å². The maximum atomic E-state index is 10.4. The zero-order chi connectivity index (χ0) is 14.4. The van der Waals surface area contributed by atoms with Gasteiger partial charge in [0.25, 0.3) is 0 Å². The number of hydrogen-bond donors (Lipinski definition) is 0. The van der Waals surface area contributed by atoms with Crippen molar-refractivity contribution in [3.05, 3.63) is 23.8 Å². The van der Waals surface area contributed by atoms with Gasteiger partial charge in [0, 0.05) is 38.3 Å². The van der Waals surface area contributed by atoms with Crippen LogP contribution in [0.4, 0.5) is 0 Å². The molecule has 2 rings (SSSR count). The second kappa shape index (κ2) is 7.26. The summed E-state index contributed by atoms with van der Waals surface area (Å²) in [6.07, 6.45) is 1.96. The van der Waals surface area contributed by atoms with E-state index in [0.717, 1.165) is 49.8 Å². The monoisotopic (exact) mass is 277 g/mol. The molecule has 0 aromatic heterocycles. The van der Waals surface area contributed by atoms with E-state index in [1.807, 2.05) is 18.4 Å². The third-order valence-electron chi connectivity index (χ3n) is 3.63. The number of hydrogen-bond acceptors (Lipinski definition) is 5. The number of benzene rings is 1. The zero-order valence-corrected chi connectivity index (χ0v) is 12.1. The number of methoxy groups -OCH3 is 2. The van der Waals surface area contributed by atoms with Gasteiger partial charge in [-0.1, -0.05) is 12.1 Å². The summed E-state index contributed by atoms with van der Waals surface area (Å²) in [6.45, 7) is 4.95. The van der Waals surface area contributed by atoms with Crippen LogP contribution in [0.15, 0.2) is 18.2 Å². The van der Waals surface area contributed by atoms with Crippen LogP contribution in [-0.4, -0.2) is 63.0 Å². The standard InChI is InChI=1S/C15H21N2O3/c1-19-14-5-3-4-13(15(14)20-2)12-17-8-6-16(7-9-17)10-11-18/h3-5H,6-10,12H2,1-2H3. The lowest BCUT2D eigenvalue weighted by molar-refractivity contribution is 0.138. The van der Waals surface area contributed by atoms with Crippen molar-refractivity contribution < 1.29 is 14.3 Å². The molecule has 5 nitrogen and oxygen atoms in total. The van der Waals surface area contributed by atoms with E-state index < -0.39 is 0 Å². The topological polar surface area (TPSA) is 42.0 Å². The van der Waals surface area contributed by atoms with Gasteiger partial charge in [-0.3, -0.25) is 14.6 Å². The van der Waals surface area contributed by atoms with Crippen molar-refractivity contribution in [2.75, 3.05) is 46.9 Å². The Morgan fingerprint density at radius 3 is 2.40 bits per heavy atom. The molecule has 0 aliphatic carbocycles. The number of para-hydroxylation sites is 1. The lowest BCUT2D eigenvalue weighted by Gasteiger charge is -2.33. The van der Waals surface area contributed by atoms with Crippen molar-refractivity contribution >= 4 is 6.29 Å². The maximum Gasteiger partial charge on any atom is 0.213 e.